The van der Waals surface area contributed by atoms with Gasteiger partial charge < -0.3 is 14.6 Å². The Morgan fingerprint density at radius 2 is 1.65 bits per heavy atom. The molecule has 178 valence electrons. The Hall–Kier alpha value is -1.06. The summed E-state index contributed by atoms with van der Waals surface area (Å²) < 4.78 is 12.0. The lowest BCUT2D eigenvalue weighted by Gasteiger charge is -2.38. The van der Waals surface area contributed by atoms with Crippen LogP contribution in [0.3, 0.4) is 0 Å². The molecule has 0 amide bonds. The number of benzene rings is 1. The highest BCUT2D eigenvalue weighted by atomic mass is 16.6. The van der Waals surface area contributed by atoms with Gasteiger partial charge in [-0.3, -0.25) is 0 Å². The van der Waals surface area contributed by atoms with Crippen LogP contribution >= 0.6 is 0 Å². The number of hydrogen-bond acceptors (Lipinski definition) is 3. The lowest BCUT2D eigenvalue weighted by atomic mass is 9.68. The molecule has 0 radical (unpaired) electrons. The van der Waals surface area contributed by atoms with Gasteiger partial charge >= 0.3 is 0 Å². The molecule has 1 aliphatic carbocycles. The Morgan fingerprint density at radius 3 is 2.23 bits per heavy atom. The van der Waals surface area contributed by atoms with Gasteiger partial charge in [0, 0.05) is 0 Å². The third-order valence-corrected chi connectivity index (χ3v) is 7.44. The zero-order valence-corrected chi connectivity index (χ0v) is 21.5. The van der Waals surface area contributed by atoms with Crippen molar-refractivity contribution >= 4 is 0 Å². The van der Waals surface area contributed by atoms with Crippen molar-refractivity contribution in [3.8, 4) is 5.75 Å². The standard InChI is InChI=1S/C28H48O3/c1-9-27(5,6)19-24(26(2,3)4)21-14-13-17-23(18-21)30-20-25(29)31-28(7,8)22-15-11-10-12-16-22/h13-14,17-18,22,24-25,29H,9-12,15-16,19-20H2,1-8H3. The first kappa shape index (κ1) is 26.2. The maximum Gasteiger partial charge on any atom is 0.189 e. The first-order chi connectivity index (χ1) is 14.3. The van der Waals surface area contributed by atoms with Gasteiger partial charge in [-0.25, -0.2) is 0 Å². The van der Waals surface area contributed by atoms with E-state index in [0.29, 0.717) is 17.3 Å². The van der Waals surface area contributed by atoms with Crippen LogP contribution in [0, 0.1) is 16.7 Å². The fraction of sp³-hybridized carbons (Fsp3) is 0.786. The number of aliphatic hydroxyl groups excluding tert-OH is 1. The third-order valence-electron chi connectivity index (χ3n) is 7.44. The minimum atomic E-state index is -0.918. The highest BCUT2D eigenvalue weighted by Crippen LogP contribution is 2.45. The average molecular weight is 433 g/mol. The molecule has 1 N–H and O–H groups in total. The lowest BCUT2D eigenvalue weighted by Crippen LogP contribution is -2.41. The molecule has 0 aromatic heterocycles. The largest absolute Gasteiger partial charge is 0.488 e. The van der Waals surface area contributed by atoms with E-state index in [-0.39, 0.29) is 17.6 Å². The number of rotatable bonds is 10. The van der Waals surface area contributed by atoms with Crippen LogP contribution in [0.2, 0.25) is 0 Å². The maximum atomic E-state index is 10.5. The Labute approximate surface area is 191 Å². The van der Waals surface area contributed by atoms with E-state index in [9.17, 15) is 5.11 Å². The fourth-order valence-electron chi connectivity index (χ4n) is 4.89. The van der Waals surface area contributed by atoms with Gasteiger partial charge in [0.25, 0.3) is 0 Å². The second-order valence-electron chi connectivity index (χ2n) is 12.0. The van der Waals surface area contributed by atoms with Gasteiger partial charge in [-0.1, -0.05) is 79.4 Å². The smallest absolute Gasteiger partial charge is 0.189 e. The van der Waals surface area contributed by atoms with Crippen molar-refractivity contribution in [2.75, 3.05) is 6.61 Å². The summed E-state index contributed by atoms with van der Waals surface area (Å²) in [6.45, 7) is 18.3. The quantitative estimate of drug-likeness (QED) is 0.385. The average Bonchev–Trinajstić information content (AvgIpc) is 2.70. The van der Waals surface area contributed by atoms with Crippen molar-refractivity contribution in [1.82, 2.24) is 0 Å². The summed E-state index contributed by atoms with van der Waals surface area (Å²) in [5, 5.41) is 10.5. The number of ether oxygens (including phenoxy) is 2. The molecule has 31 heavy (non-hydrogen) atoms. The Kier molecular flexibility index (Phi) is 9.05. The van der Waals surface area contributed by atoms with Crippen molar-refractivity contribution in [2.24, 2.45) is 16.7 Å². The second-order valence-corrected chi connectivity index (χ2v) is 12.0. The van der Waals surface area contributed by atoms with Gasteiger partial charge in [0.05, 0.1) is 5.60 Å². The molecule has 1 fully saturated rings. The first-order valence-electron chi connectivity index (χ1n) is 12.4. The molecule has 1 aromatic carbocycles. The zero-order chi connectivity index (χ0) is 23.3. The van der Waals surface area contributed by atoms with Crippen LogP contribution in [0.15, 0.2) is 24.3 Å². The van der Waals surface area contributed by atoms with E-state index in [2.05, 4.69) is 73.6 Å². The topological polar surface area (TPSA) is 38.7 Å². The van der Waals surface area contributed by atoms with Gasteiger partial charge in [-0.15, -0.1) is 0 Å². The predicted octanol–water partition coefficient (Wildman–Crippen LogP) is 7.72. The Morgan fingerprint density at radius 1 is 1.00 bits per heavy atom. The number of hydrogen-bond donors (Lipinski definition) is 1. The highest BCUT2D eigenvalue weighted by molar-refractivity contribution is 5.32. The summed E-state index contributed by atoms with van der Waals surface area (Å²) in [5.74, 6) is 1.75. The molecule has 0 saturated heterocycles. The molecule has 3 nitrogen and oxygen atoms in total. The van der Waals surface area contributed by atoms with Crippen LogP contribution in [0.5, 0.6) is 5.75 Å². The number of aliphatic hydroxyl groups is 1. The van der Waals surface area contributed by atoms with Crippen LogP contribution < -0.4 is 4.74 Å². The van der Waals surface area contributed by atoms with Gasteiger partial charge in [-0.05, 0) is 73.5 Å². The normalized spacial score (nSPS) is 18.6. The molecular weight excluding hydrogens is 384 g/mol. The molecular formula is C28H48O3. The predicted molar refractivity (Wildman–Crippen MR) is 131 cm³/mol. The van der Waals surface area contributed by atoms with Crippen LogP contribution in [-0.2, 0) is 4.74 Å². The molecule has 2 rings (SSSR count). The zero-order valence-electron chi connectivity index (χ0n) is 21.5. The summed E-state index contributed by atoms with van der Waals surface area (Å²) in [7, 11) is 0. The van der Waals surface area contributed by atoms with E-state index in [1.54, 1.807) is 0 Å². The summed E-state index contributed by atoms with van der Waals surface area (Å²) in [6.07, 6.45) is 7.60. The van der Waals surface area contributed by atoms with E-state index in [1.165, 1.54) is 37.7 Å². The second kappa shape index (κ2) is 10.7. The molecule has 1 aromatic rings. The minimum Gasteiger partial charge on any atom is -0.488 e. The van der Waals surface area contributed by atoms with Gasteiger partial charge in [-0.2, -0.15) is 0 Å². The summed E-state index contributed by atoms with van der Waals surface area (Å²) in [4.78, 5) is 0. The van der Waals surface area contributed by atoms with Crippen LogP contribution in [-0.4, -0.2) is 23.6 Å². The molecule has 0 heterocycles. The molecule has 2 unspecified atom stereocenters. The van der Waals surface area contributed by atoms with E-state index >= 15 is 0 Å². The van der Waals surface area contributed by atoms with Crippen LogP contribution in [0.4, 0.5) is 0 Å². The first-order valence-corrected chi connectivity index (χ1v) is 12.4. The summed E-state index contributed by atoms with van der Waals surface area (Å²) in [6, 6.07) is 8.42. The van der Waals surface area contributed by atoms with Gasteiger partial charge in [0.15, 0.2) is 6.29 Å². The van der Waals surface area contributed by atoms with Crippen molar-refractivity contribution in [2.45, 2.75) is 118 Å². The van der Waals surface area contributed by atoms with E-state index < -0.39 is 6.29 Å². The SMILES string of the molecule is CCC(C)(C)CC(c1cccc(OCC(O)OC(C)(C)C2CCCCC2)c1)C(C)(C)C. The van der Waals surface area contributed by atoms with Crippen LogP contribution in [0.25, 0.3) is 0 Å². The molecule has 3 heteroatoms. The van der Waals surface area contributed by atoms with Crippen molar-refractivity contribution in [3.05, 3.63) is 29.8 Å². The van der Waals surface area contributed by atoms with Crippen molar-refractivity contribution in [3.63, 3.8) is 0 Å². The van der Waals surface area contributed by atoms with E-state index in [0.717, 1.165) is 18.6 Å². The third kappa shape index (κ3) is 8.09. The van der Waals surface area contributed by atoms with Crippen molar-refractivity contribution < 1.29 is 14.6 Å². The van der Waals surface area contributed by atoms with Gasteiger partial charge in [0.1, 0.15) is 12.4 Å². The lowest BCUT2D eigenvalue weighted by molar-refractivity contribution is -0.205. The highest BCUT2D eigenvalue weighted by Gasteiger charge is 2.34. The molecule has 2 atom stereocenters. The minimum absolute atomic E-state index is 0.153. The fourth-order valence-corrected chi connectivity index (χ4v) is 4.89. The molecule has 0 bridgehead atoms. The summed E-state index contributed by atoms with van der Waals surface area (Å²) >= 11 is 0. The Bertz CT molecular complexity index is 665. The van der Waals surface area contributed by atoms with E-state index in [4.69, 9.17) is 9.47 Å². The Balaban J connectivity index is 2.02. The molecule has 1 saturated carbocycles. The molecule has 0 spiro atoms. The van der Waals surface area contributed by atoms with Crippen LogP contribution in [0.1, 0.15) is 112 Å². The van der Waals surface area contributed by atoms with Crippen molar-refractivity contribution in [1.29, 1.82) is 0 Å². The molecule has 1 aliphatic rings. The monoisotopic (exact) mass is 432 g/mol. The van der Waals surface area contributed by atoms with Gasteiger partial charge in [0.2, 0.25) is 0 Å². The molecule has 0 aliphatic heterocycles. The maximum absolute atomic E-state index is 10.5. The van der Waals surface area contributed by atoms with E-state index in [1.807, 2.05) is 6.07 Å². The summed E-state index contributed by atoms with van der Waals surface area (Å²) in [5.41, 5.74) is 1.44.